The van der Waals surface area contributed by atoms with E-state index in [1.54, 1.807) is 0 Å². The molecule has 1 fully saturated rings. The van der Waals surface area contributed by atoms with Gasteiger partial charge in [0.15, 0.2) is 11.5 Å². The standard InChI is InChI=1S/C24H29N3O2/c1-3-26(4-2)22(18-10-6-5-7-11-18)24(28)27-16-14-19(15-17-27)23-25-20-12-8-9-13-21(20)29-23/h5-13,19,22H,3-4,14-17H2,1-2H3. The Morgan fingerprint density at radius 2 is 1.72 bits per heavy atom. The van der Waals surface area contributed by atoms with Crippen molar-refractivity contribution >= 4 is 17.0 Å². The summed E-state index contributed by atoms with van der Waals surface area (Å²) in [5.41, 5.74) is 2.82. The number of aromatic nitrogens is 1. The molecule has 0 saturated carbocycles. The molecule has 0 spiro atoms. The van der Waals surface area contributed by atoms with Crippen molar-refractivity contribution in [3.63, 3.8) is 0 Å². The van der Waals surface area contributed by atoms with Crippen LogP contribution in [0.5, 0.6) is 0 Å². The highest BCUT2D eigenvalue weighted by Gasteiger charge is 2.33. The smallest absolute Gasteiger partial charge is 0.244 e. The van der Waals surface area contributed by atoms with Crippen molar-refractivity contribution in [2.24, 2.45) is 0 Å². The van der Waals surface area contributed by atoms with Gasteiger partial charge in [0.05, 0.1) is 0 Å². The first-order chi connectivity index (χ1) is 14.2. The van der Waals surface area contributed by atoms with E-state index in [0.29, 0.717) is 0 Å². The number of fused-ring (bicyclic) bond motifs is 1. The number of hydrogen-bond donors (Lipinski definition) is 0. The molecule has 4 rings (SSSR count). The van der Waals surface area contributed by atoms with E-state index in [4.69, 9.17) is 4.42 Å². The molecule has 0 radical (unpaired) electrons. The van der Waals surface area contributed by atoms with Gasteiger partial charge in [-0.15, -0.1) is 0 Å². The van der Waals surface area contributed by atoms with Crippen LogP contribution in [0, 0.1) is 0 Å². The second kappa shape index (κ2) is 8.78. The van der Waals surface area contributed by atoms with Crippen LogP contribution in [0.15, 0.2) is 59.0 Å². The van der Waals surface area contributed by atoms with Crippen LogP contribution < -0.4 is 0 Å². The number of carbonyl (C=O) groups is 1. The molecule has 152 valence electrons. The number of nitrogens with zero attached hydrogens (tertiary/aromatic N) is 3. The third kappa shape index (κ3) is 4.06. The molecule has 1 atom stereocenters. The van der Waals surface area contributed by atoms with E-state index in [2.05, 4.69) is 35.9 Å². The molecule has 1 aromatic heterocycles. The third-order valence-electron chi connectivity index (χ3n) is 5.99. The van der Waals surface area contributed by atoms with Gasteiger partial charge in [-0.1, -0.05) is 56.3 Å². The van der Waals surface area contributed by atoms with Crippen molar-refractivity contribution in [2.45, 2.75) is 38.6 Å². The van der Waals surface area contributed by atoms with Gasteiger partial charge in [0.1, 0.15) is 11.6 Å². The summed E-state index contributed by atoms with van der Waals surface area (Å²) in [7, 11) is 0. The highest BCUT2D eigenvalue weighted by Crippen LogP contribution is 2.32. The molecule has 29 heavy (non-hydrogen) atoms. The molecule has 1 aliphatic rings. The number of amides is 1. The van der Waals surface area contributed by atoms with Crippen molar-refractivity contribution in [3.8, 4) is 0 Å². The van der Waals surface area contributed by atoms with E-state index in [9.17, 15) is 4.79 Å². The summed E-state index contributed by atoms with van der Waals surface area (Å²) >= 11 is 0. The lowest BCUT2D eigenvalue weighted by molar-refractivity contribution is -0.138. The largest absolute Gasteiger partial charge is 0.440 e. The van der Waals surface area contributed by atoms with Gasteiger partial charge in [-0.05, 0) is 43.6 Å². The molecule has 1 aliphatic heterocycles. The minimum absolute atomic E-state index is 0.205. The molecule has 0 aliphatic carbocycles. The van der Waals surface area contributed by atoms with Crippen LogP contribution in [0.2, 0.25) is 0 Å². The molecule has 0 N–H and O–H groups in total. The number of piperidine rings is 1. The quantitative estimate of drug-likeness (QED) is 0.615. The lowest BCUT2D eigenvalue weighted by atomic mass is 9.95. The van der Waals surface area contributed by atoms with E-state index >= 15 is 0 Å². The first-order valence-corrected chi connectivity index (χ1v) is 10.6. The topological polar surface area (TPSA) is 49.6 Å². The van der Waals surface area contributed by atoms with E-state index < -0.39 is 0 Å². The van der Waals surface area contributed by atoms with Gasteiger partial charge in [-0.3, -0.25) is 9.69 Å². The summed E-state index contributed by atoms with van der Waals surface area (Å²) < 4.78 is 5.97. The predicted octanol–water partition coefficient (Wildman–Crippen LogP) is 4.62. The Bertz CT molecular complexity index is 908. The normalized spacial score (nSPS) is 16.4. The van der Waals surface area contributed by atoms with Crippen LogP contribution in [-0.2, 0) is 4.79 Å². The third-order valence-corrected chi connectivity index (χ3v) is 5.99. The minimum atomic E-state index is -0.216. The summed E-state index contributed by atoms with van der Waals surface area (Å²) in [5, 5.41) is 0. The molecule has 2 heterocycles. The summed E-state index contributed by atoms with van der Waals surface area (Å²) in [5.74, 6) is 1.28. The maximum absolute atomic E-state index is 13.5. The summed E-state index contributed by atoms with van der Waals surface area (Å²) in [6, 6.07) is 17.8. The zero-order chi connectivity index (χ0) is 20.2. The van der Waals surface area contributed by atoms with Gasteiger partial charge < -0.3 is 9.32 Å². The zero-order valence-electron chi connectivity index (χ0n) is 17.3. The molecule has 2 aromatic carbocycles. The first-order valence-electron chi connectivity index (χ1n) is 10.6. The summed E-state index contributed by atoms with van der Waals surface area (Å²) in [6.45, 7) is 7.42. The fourth-order valence-corrected chi connectivity index (χ4v) is 4.32. The molecular weight excluding hydrogens is 362 g/mol. The fraction of sp³-hybridized carbons (Fsp3) is 0.417. The fourth-order valence-electron chi connectivity index (χ4n) is 4.32. The van der Waals surface area contributed by atoms with Gasteiger partial charge in [0.25, 0.3) is 0 Å². The van der Waals surface area contributed by atoms with Crippen molar-refractivity contribution < 1.29 is 9.21 Å². The van der Waals surface area contributed by atoms with E-state index in [0.717, 1.165) is 61.6 Å². The second-order valence-corrected chi connectivity index (χ2v) is 7.65. The Kier molecular flexibility index (Phi) is 5.95. The Morgan fingerprint density at radius 3 is 2.38 bits per heavy atom. The molecule has 1 unspecified atom stereocenters. The molecule has 5 nitrogen and oxygen atoms in total. The summed E-state index contributed by atoms with van der Waals surface area (Å²) in [6.07, 6.45) is 1.77. The predicted molar refractivity (Wildman–Crippen MR) is 115 cm³/mol. The Hall–Kier alpha value is -2.66. The van der Waals surface area contributed by atoms with Gasteiger partial charge in [0.2, 0.25) is 5.91 Å². The van der Waals surface area contributed by atoms with Crippen molar-refractivity contribution in [1.29, 1.82) is 0 Å². The number of benzene rings is 2. The maximum Gasteiger partial charge on any atom is 0.244 e. The average molecular weight is 392 g/mol. The van der Waals surface area contributed by atoms with E-state index in [-0.39, 0.29) is 17.9 Å². The van der Waals surface area contributed by atoms with Gasteiger partial charge in [-0.2, -0.15) is 0 Å². The number of rotatable bonds is 6. The monoisotopic (exact) mass is 391 g/mol. The molecule has 1 amide bonds. The number of para-hydroxylation sites is 2. The maximum atomic E-state index is 13.5. The Morgan fingerprint density at radius 1 is 1.07 bits per heavy atom. The molecule has 1 saturated heterocycles. The van der Waals surface area contributed by atoms with Crippen LogP contribution in [0.4, 0.5) is 0 Å². The van der Waals surface area contributed by atoms with E-state index in [1.165, 1.54) is 0 Å². The van der Waals surface area contributed by atoms with Crippen molar-refractivity contribution in [1.82, 2.24) is 14.8 Å². The lowest BCUT2D eigenvalue weighted by Gasteiger charge is -2.37. The molecule has 0 bridgehead atoms. The lowest BCUT2D eigenvalue weighted by Crippen LogP contribution is -2.46. The highest BCUT2D eigenvalue weighted by atomic mass is 16.3. The van der Waals surface area contributed by atoms with Crippen LogP contribution in [0.1, 0.15) is 50.1 Å². The number of likely N-dealkylation sites (tertiary alicyclic amines) is 1. The minimum Gasteiger partial charge on any atom is -0.440 e. The van der Waals surface area contributed by atoms with Crippen LogP contribution in [-0.4, -0.2) is 46.9 Å². The van der Waals surface area contributed by atoms with Crippen molar-refractivity contribution in [3.05, 3.63) is 66.1 Å². The Balaban J connectivity index is 1.48. The second-order valence-electron chi connectivity index (χ2n) is 7.65. The highest BCUT2D eigenvalue weighted by molar-refractivity contribution is 5.83. The molecule has 5 heteroatoms. The van der Waals surface area contributed by atoms with Crippen LogP contribution in [0.25, 0.3) is 11.1 Å². The number of hydrogen-bond acceptors (Lipinski definition) is 4. The molecule has 3 aromatic rings. The van der Waals surface area contributed by atoms with Crippen LogP contribution in [0.3, 0.4) is 0 Å². The number of oxazole rings is 1. The molecular formula is C24H29N3O2. The first kappa shape index (κ1) is 19.6. The van der Waals surface area contributed by atoms with Crippen LogP contribution >= 0.6 is 0 Å². The summed E-state index contributed by atoms with van der Waals surface area (Å²) in [4.78, 5) is 22.4. The number of likely N-dealkylation sites (N-methyl/N-ethyl adjacent to an activating group) is 1. The average Bonchev–Trinajstić information content (AvgIpc) is 3.22. The van der Waals surface area contributed by atoms with Gasteiger partial charge in [-0.25, -0.2) is 4.98 Å². The van der Waals surface area contributed by atoms with E-state index in [1.807, 2.05) is 47.4 Å². The van der Waals surface area contributed by atoms with Gasteiger partial charge in [0, 0.05) is 19.0 Å². The Labute approximate surface area is 172 Å². The zero-order valence-corrected chi connectivity index (χ0v) is 17.3. The SMILES string of the molecule is CCN(CC)C(C(=O)N1CCC(c2nc3ccccc3o2)CC1)c1ccccc1. The van der Waals surface area contributed by atoms with Crippen molar-refractivity contribution in [2.75, 3.05) is 26.2 Å². The number of carbonyl (C=O) groups excluding carboxylic acids is 1. The van der Waals surface area contributed by atoms with Gasteiger partial charge >= 0.3 is 0 Å².